The molecule has 0 unspecified atom stereocenters. The lowest BCUT2D eigenvalue weighted by Crippen LogP contribution is -2.44. The van der Waals surface area contributed by atoms with Gasteiger partial charge in [0.2, 0.25) is 0 Å². The Hall–Kier alpha value is -2.87. The van der Waals surface area contributed by atoms with Crippen LogP contribution in [0.4, 0.5) is 4.39 Å². The Bertz CT molecular complexity index is 1260. The molecule has 2 saturated heterocycles. The highest BCUT2D eigenvalue weighted by atomic mass is 79.9. The third-order valence-corrected chi connectivity index (χ3v) is 8.03. The summed E-state index contributed by atoms with van der Waals surface area (Å²) in [7, 11) is 0. The Morgan fingerprint density at radius 3 is 2.00 bits per heavy atom. The van der Waals surface area contributed by atoms with Crippen molar-refractivity contribution >= 4 is 15.9 Å². The normalized spacial score (nSPS) is 23.2. The SMILES string of the molecule is Fc1ccc(Br)cc1[C@]12CO[C@H](COC(c3ccccc3)(c3ccccc3)c3ccccc3)[C@H]1CON2. The Labute approximate surface area is 224 Å². The van der Waals surface area contributed by atoms with Gasteiger partial charge in [-0.2, -0.15) is 5.48 Å². The summed E-state index contributed by atoms with van der Waals surface area (Å²) < 4.78 is 29.2. The van der Waals surface area contributed by atoms with E-state index < -0.39 is 11.1 Å². The van der Waals surface area contributed by atoms with Crippen molar-refractivity contribution in [1.29, 1.82) is 0 Å². The minimum absolute atomic E-state index is 0.128. The fourth-order valence-electron chi connectivity index (χ4n) is 5.71. The second-order valence-electron chi connectivity index (χ2n) is 9.55. The molecule has 0 bridgehead atoms. The molecule has 0 saturated carbocycles. The standard InChI is InChI=1S/C31H27BrFNO3/c32-25-16-17-28(33)26(18-25)30-21-35-29(27(30)19-37-34-30)20-36-31(22-10-4-1-5-11-22,23-12-6-2-7-13-23)24-14-8-3-9-15-24/h1-18,27,29,34H,19-21H2/t27-,29-,30-/m1/s1. The average Bonchev–Trinajstić information content (AvgIpc) is 3.53. The molecule has 0 aromatic heterocycles. The van der Waals surface area contributed by atoms with Crippen LogP contribution >= 0.6 is 15.9 Å². The van der Waals surface area contributed by atoms with E-state index in [1.807, 2.05) is 54.6 Å². The number of ether oxygens (including phenoxy) is 2. The van der Waals surface area contributed by atoms with Crippen molar-refractivity contribution < 1.29 is 18.7 Å². The van der Waals surface area contributed by atoms with Crippen LogP contribution in [0, 0.1) is 11.7 Å². The van der Waals surface area contributed by atoms with Gasteiger partial charge in [0.05, 0.1) is 25.9 Å². The van der Waals surface area contributed by atoms with E-state index in [0.717, 1.165) is 21.2 Å². The lowest BCUT2D eigenvalue weighted by molar-refractivity contribution is -0.0670. The van der Waals surface area contributed by atoms with E-state index in [4.69, 9.17) is 14.3 Å². The molecule has 2 fully saturated rings. The van der Waals surface area contributed by atoms with Crippen molar-refractivity contribution in [3.63, 3.8) is 0 Å². The lowest BCUT2D eigenvalue weighted by Gasteiger charge is -2.37. The summed E-state index contributed by atoms with van der Waals surface area (Å²) in [5.74, 6) is -0.417. The largest absolute Gasteiger partial charge is 0.373 e. The summed E-state index contributed by atoms with van der Waals surface area (Å²) in [6, 6.07) is 35.7. The van der Waals surface area contributed by atoms with Crippen molar-refractivity contribution in [2.75, 3.05) is 19.8 Å². The van der Waals surface area contributed by atoms with Gasteiger partial charge in [-0.15, -0.1) is 0 Å². The molecule has 37 heavy (non-hydrogen) atoms. The van der Waals surface area contributed by atoms with E-state index in [2.05, 4.69) is 57.8 Å². The Balaban J connectivity index is 1.39. The minimum Gasteiger partial charge on any atom is -0.373 e. The molecule has 2 aliphatic rings. The lowest BCUT2D eigenvalue weighted by atomic mass is 9.78. The van der Waals surface area contributed by atoms with Gasteiger partial charge in [-0.3, -0.25) is 0 Å². The highest BCUT2D eigenvalue weighted by molar-refractivity contribution is 9.10. The monoisotopic (exact) mass is 559 g/mol. The molecule has 4 aromatic rings. The van der Waals surface area contributed by atoms with Gasteiger partial charge < -0.3 is 14.3 Å². The molecule has 0 amide bonds. The molecule has 3 atom stereocenters. The molecule has 0 aliphatic carbocycles. The van der Waals surface area contributed by atoms with Gasteiger partial charge in [0.25, 0.3) is 0 Å². The zero-order chi connectivity index (χ0) is 25.3. The van der Waals surface area contributed by atoms with Crippen molar-refractivity contribution in [3.05, 3.63) is 142 Å². The first-order chi connectivity index (χ1) is 18.1. The number of rotatable bonds is 7. The van der Waals surface area contributed by atoms with Crippen LogP contribution in [0.5, 0.6) is 0 Å². The van der Waals surface area contributed by atoms with Gasteiger partial charge in [-0.25, -0.2) is 4.39 Å². The van der Waals surface area contributed by atoms with Crippen molar-refractivity contribution in [2.24, 2.45) is 5.92 Å². The molecular weight excluding hydrogens is 533 g/mol. The van der Waals surface area contributed by atoms with Gasteiger partial charge >= 0.3 is 0 Å². The second-order valence-corrected chi connectivity index (χ2v) is 10.5. The second kappa shape index (κ2) is 10.1. The highest BCUT2D eigenvalue weighted by Crippen LogP contribution is 2.46. The van der Waals surface area contributed by atoms with Gasteiger partial charge in [-0.1, -0.05) is 107 Å². The molecule has 4 aromatic carbocycles. The number of hydrogen-bond donors (Lipinski definition) is 1. The Kier molecular flexibility index (Phi) is 6.69. The van der Waals surface area contributed by atoms with Crippen LogP contribution in [-0.2, 0) is 25.5 Å². The van der Waals surface area contributed by atoms with Gasteiger partial charge in [-0.05, 0) is 34.9 Å². The maximum absolute atomic E-state index is 15.0. The van der Waals surface area contributed by atoms with E-state index in [1.54, 1.807) is 12.1 Å². The van der Waals surface area contributed by atoms with Crippen LogP contribution in [0.1, 0.15) is 22.3 Å². The van der Waals surface area contributed by atoms with Crippen molar-refractivity contribution in [3.8, 4) is 0 Å². The van der Waals surface area contributed by atoms with Crippen LogP contribution in [0.25, 0.3) is 0 Å². The number of halogens is 2. The number of benzene rings is 4. The Morgan fingerprint density at radius 1 is 0.865 bits per heavy atom. The number of hydrogen-bond acceptors (Lipinski definition) is 4. The van der Waals surface area contributed by atoms with Gasteiger partial charge in [0.1, 0.15) is 17.0 Å². The third kappa shape index (κ3) is 4.23. The summed E-state index contributed by atoms with van der Waals surface area (Å²) in [4.78, 5) is 5.71. The smallest absolute Gasteiger partial charge is 0.143 e. The maximum atomic E-state index is 15.0. The van der Waals surface area contributed by atoms with Crippen LogP contribution in [0.15, 0.2) is 114 Å². The van der Waals surface area contributed by atoms with Crippen LogP contribution in [-0.4, -0.2) is 25.9 Å². The molecule has 6 heteroatoms. The van der Waals surface area contributed by atoms with Crippen molar-refractivity contribution in [2.45, 2.75) is 17.2 Å². The van der Waals surface area contributed by atoms with Gasteiger partial charge in [0, 0.05) is 16.0 Å². The number of nitrogens with one attached hydrogen (secondary N) is 1. The average molecular weight is 560 g/mol. The first-order valence-corrected chi connectivity index (χ1v) is 13.2. The quantitative estimate of drug-likeness (QED) is 0.268. The van der Waals surface area contributed by atoms with Crippen LogP contribution < -0.4 is 5.48 Å². The fourth-order valence-corrected chi connectivity index (χ4v) is 6.07. The zero-order valence-corrected chi connectivity index (χ0v) is 21.7. The highest BCUT2D eigenvalue weighted by Gasteiger charge is 2.56. The summed E-state index contributed by atoms with van der Waals surface area (Å²) >= 11 is 3.49. The molecular formula is C31H27BrFNO3. The topological polar surface area (TPSA) is 39.7 Å². The van der Waals surface area contributed by atoms with Crippen molar-refractivity contribution in [1.82, 2.24) is 5.48 Å². The molecule has 2 heterocycles. The van der Waals surface area contributed by atoms with Crippen LogP contribution in [0.3, 0.4) is 0 Å². The number of hydroxylamine groups is 1. The fraction of sp³-hybridized carbons (Fsp3) is 0.226. The summed E-state index contributed by atoms with van der Waals surface area (Å²) in [6.07, 6.45) is -0.302. The van der Waals surface area contributed by atoms with E-state index >= 15 is 4.39 Å². The maximum Gasteiger partial charge on any atom is 0.143 e. The molecule has 1 N–H and O–H groups in total. The zero-order valence-electron chi connectivity index (χ0n) is 20.1. The predicted octanol–water partition coefficient (Wildman–Crippen LogP) is 6.34. The first kappa shape index (κ1) is 24.5. The molecule has 2 aliphatic heterocycles. The molecule has 6 rings (SSSR count). The summed E-state index contributed by atoms with van der Waals surface area (Å²) in [5, 5.41) is 0. The van der Waals surface area contributed by atoms with Crippen LogP contribution in [0.2, 0.25) is 0 Å². The van der Waals surface area contributed by atoms with Gasteiger partial charge in [0.15, 0.2) is 0 Å². The summed E-state index contributed by atoms with van der Waals surface area (Å²) in [6.45, 7) is 0.981. The first-order valence-electron chi connectivity index (χ1n) is 12.4. The molecule has 4 nitrogen and oxygen atoms in total. The molecule has 0 spiro atoms. The third-order valence-electron chi connectivity index (χ3n) is 7.54. The minimum atomic E-state index is -0.855. The van der Waals surface area contributed by atoms with E-state index in [0.29, 0.717) is 18.8 Å². The number of fused-ring (bicyclic) bond motifs is 1. The predicted molar refractivity (Wildman–Crippen MR) is 143 cm³/mol. The molecule has 188 valence electrons. The summed E-state index contributed by atoms with van der Waals surface area (Å²) in [5.41, 5.74) is 5.07. The van der Waals surface area contributed by atoms with E-state index in [1.165, 1.54) is 6.07 Å². The van der Waals surface area contributed by atoms with E-state index in [-0.39, 0.29) is 24.4 Å². The Morgan fingerprint density at radius 2 is 1.43 bits per heavy atom. The van der Waals surface area contributed by atoms with E-state index in [9.17, 15) is 0 Å². The molecule has 0 radical (unpaired) electrons.